The summed E-state index contributed by atoms with van der Waals surface area (Å²) < 4.78 is 1.21. The quantitative estimate of drug-likeness (QED) is 0.831. The van der Waals surface area contributed by atoms with Gasteiger partial charge in [-0.1, -0.05) is 12.1 Å². The van der Waals surface area contributed by atoms with Crippen molar-refractivity contribution in [1.82, 2.24) is 10.3 Å². The van der Waals surface area contributed by atoms with Crippen LogP contribution < -0.4 is 5.32 Å². The highest BCUT2D eigenvalue weighted by molar-refractivity contribution is 7.18. The standard InChI is InChI=1S/C11H14N2OS/c1-8(12-6-7-14)11-13-9-4-2-3-5-10(9)15-11/h2-5,8,12,14H,6-7H2,1H3. The SMILES string of the molecule is CC(NCCO)c1nc2ccccc2s1. The molecule has 0 aliphatic heterocycles. The summed E-state index contributed by atoms with van der Waals surface area (Å²) in [6.07, 6.45) is 0. The molecular weight excluding hydrogens is 208 g/mol. The Balaban J connectivity index is 2.20. The van der Waals surface area contributed by atoms with Crippen molar-refractivity contribution in [2.75, 3.05) is 13.2 Å². The minimum absolute atomic E-state index is 0.162. The van der Waals surface area contributed by atoms with Gasteiger partial charge in [0.15, 0.2) is 0 Å². The average molecular weight is 222 g/mol. The fraction of sp³-hybridized carbons (Fsp3) is 0.364. The van der Waals surface area contributed by atoms with Crippen molar-refractivity contribution < 1.29 is 5.11 Å². The Bertz CT molecular complexity index is 408. The number of benzene rings is 1. The third-order valence-electron chi connectivity index (χ3n) is 2.24. The summed E-state index contributed by atoms with van der Waals surface area (Å²) in [4.78, 5) is 4.54. The maximum atomic E-state index is 8.72. The van der Waals surface area contributed by atoms with E-state index in [0.29, 0.717) is 6.54 Å². The van der Waals surface area contributed by atoms with Crippen molar-refractivity contribution in [2.45, 2.75) is 13.0 Å². The van der Waals surface area contributed by atoms with Gasteiger partial charge in [0.25, 0.3) is 0 Å². The molecule has 0 saturated carbocycles. The molecule has 2 rings (SSSR count). The van der Waals surface area contributed by atoms with Crippen LogP contribution in [0.25, 0.3) is 10.2 Å². The van der Waals surface area contributed by atoms with E-state index in [0.717, 1.165) is 10.5 Å². The maximum Gasteiger partial charge on any atom is 0.111 e. The fourth-order valence-electron chi connectivity index (χ4n) is 1.44. The van der Waals surface area contributed by atoms with Crippen LogP contribution in [-0.2, 0) is 0 Å². The summed E-state index contributed by atoms with van der Waals surface area (Å²) in [6.45, 7) is 2.83. The molecule has 3 nitrogen and oxygen atoms in total. The van der Waals surface area contributed by atoms with Crippen LogP contribution in [0.1, 0.15) is 18.0 Å². The average Bonchev–Trinajstić information content (AvgIpc) is 2.69. The number of hydrogen-bond acceptors (Lipinski definition) is 4. The molecule has 1 unspecified atom stereocenters. The number of hydrogen-bond donors (Lipinski definition) is 2. The lowest BCUT2D eigenvalue weighted by molar-refractivity contribution is 0.286. The molecule has 1 atom stereocenters. The molecule has 0 radical (unpaired) electrons. The molecule has 1 aromatic carbocycles. The molecule has 1 heterocycles. The van der Waals surface area contributed by atoms with E-state index in [4.69, 9.17) is 5.11 Å². The Morgan fingerprint density at radius 3 is 3.00 bits per heavy atom. The summed E-state index contributed by atoms with van der Waals surface area (Å²) in [5.74, 6) is 0. The number of para-hydroxylation sites is 1. The van der Waals surface area contributed by atoms with Gasteiger partial charge in [-0.25, -0.2) is 4.98 Å². The number of aromatic nitrogens is 1. The Kier molecular flexibility index (Phi) is 3.30. The first-order valence-corrected chi connectivity index (χ1v) is 5.82. The van der Waals surface area contributed by atoms with Crippen molar-refractivity contribution in [1.29, 1.82) is 0 Å². The van der Waals surface area contributed by atoms with Gasteiger partial charge in [-0.2, -0.15) is 0 Å². The lowest BCUT2D eigenvalue weighted by Gasteiger charge is -2.08. The molecule has 2 aromatic rings. The van der Waals surface area contributed by atoms with Gasteiger partial charge in [0.2, 0.25) is 0 Å². The Morgan fingerprint density at radius 2 is 2.27 bits per heavy atom. The molecule has 80 valence electrons. The lowest BCUT2D eigenvalue weighted by Crippen LogP contribution is -2.21. The van der Waals surface area contributed by atoms with E-state index in [-0.39, 0.29) is 12.6 Å². The topological polar surface area (TPSA) is 45.1 Å². The van der Waals surface area contributed by atoms with Crippen LogP contribution >= 0.6 is 11.3 Å². The Labute approximate surface area is 92.8 Å². The Morgan fingerprint density at radius 1 is 1.47 bits per heavy atom. The monoisotopic (exact) mass is 222 g/mol. The molecule has 0 spiro atoms. The van der Waals surface area contributed by atoms with Crippen LogP contribution in [-0.4, -0.2) is 23.2 Å². The van der Waals surface area contributed by atoms with Gasteiger partial charge in [-0.15, -0.1) is 11.3 Å². The van der Waals surface area contributed by atoms with Crippen molar-refractivity contribution in [3.05, 3.63) is 29.3 Å². The number of rotatable bonds is 4. The van der Waals surface area contributed by atoms with E-state index < -0.39 is 0 Å². The largest absolute Gasteiger partial charge is 0.395 e. The summed E-state index contributed by atoms with van der Waals surface area (Å²) in [5, 5.41) is 13.0. The summed E-state index contributed by atoms with van der Waals surface area (Å²) in [5.41, 5.74) is 1.05. The van der Waals surface area contributed by atoms with Gasteiger partial charge >= 0.3 is 0 Å². The van der Waals surface area contributed by atoms with Gasteiger partial charge in [0, 0.05) is 6.54 Å². The first-order valence-electron chi connectivity index (χ1n) is 5.01. The van der Waals surface area contributed by atoms with Crippen LogP contribution in [0.3, 0.4) is 0 Å². The molecule has 0 saturated heterocycles. The molecule has 1 aromatic heterocycles. The minimum atomic E-state index is 0.162. The lowest BCUT2D eigenvalue weighted by atomic mass is 10.3. The van der Waals surface area contributed by atoms with Crippen LogP contribution in [0.2, 0.25) is 0 Å². The molecule has 4 heteroatoms. The van der Waals surface area contributed by atoms with E-state index in [1.165, 1.54) is 4.70 Å². The molecule has 0 amide bonds. The van der Waals surface area contributed by atoms with Crippen LogP contribution in [0, 0.1) is 0 Å². The van der Waals surface area contributed by atoms with Crippen molar-refractivity contribution in [2.24, 2.45) is 0 Å². The predicted octanol–water partition coefficient (Wildman–Crippen LogP) is 1.94. The molecule has 0 aliphatic carbocycles. The first kappa shape index (κ1) is 10.5. The number of thiazole rings is 1. The molecule has 0 aliphatic rings. The van der Waals surface area contributed by atoms with Gasteiger partial charge in [0.05, 0.1) is 22.9 Å². The second-order valence-corrected chi connectivity index (χ2v) is 4.48. The smallest absolute Gasteiger partial charge is 0.111 e. The zero-order valence-electron chi connectivity index (χ0n) is 8.60. The molecular formula is C11H14N2OS. The predicted molar refractivity (Wildman–Crippen MR) is 63.1 cm³/mol. The molecule has 15 heavy (non-hydrogen) atoms. The minimum Gasteiger partial charge on any atom is -0.395 e. The fourth-order valence-corrected chi connectivity index (χ4v) is 2.44. The van der Waals surface area contributed by atoms with Crippen LogP contribution in [0.5, 0.6) is 0 Å². The number of nitrogens with one attached hydrogen (secondary N) is 1. The third-order valence-corrected chi connectivity index (χ3v) is 3.46. The molecule has 0 fully saturated rings. The molecule has 0 bridgehead atoms. The summed E-state index contributed by atoms with van der Waals surface area (Å²) in [7, 11) is 0. The van der Waals surface area contributed by atoms with Crippen molar-refractivity contribution >= 4 is 21.6 Å². The zero-order chi connectivity index (χ0) is 10.7. The zero-order valence-corrected chi connectivity index (χ0v) is 9.42. The second kappa shape index (κ2) is 4.70. The Hall–Kier alpha value is -0.970. The van der Waals surface area contributed by atoms with Crippen LogP contribution in [0.4, 0.5) is 0 Å². The highest BCUT2D eigenvalue weighted by atomic mass is 32.1. The van der Waals surface area contributed by atoms with Crippen molar-refractivity contribution in [3.63, 3.8) is 0 Å². The highest BCUT2D eigenvalue weighted by Gasteiger charge is 2.09. The maximum absolute atomic E-state index is 8.72. The summed E-state index contributed by atoms with van der Waals surface area (Å²) in [6, 6.07) is 8.33. The van der Waals surface area contributed by atoms with E-state index in [1.807, 2.05) is 18.2 Å². The van der Waals surface area contributed by atoms with Gasteiger partial charge in [-0.3, -0.25) is 0 Å². The van der Waals surface area contributed by atoms with Crippen LogP contribution in [0.15, 0.2) is 24.3 Å². The van der Waals surface area contributed by atoms with E-state index in [1.54, 1.807) is 11.3 Å². The number of aliphatic hydroxyl groups is 1. The van der Waals surface area contributed by atoms with E-state index in [2.05, 4.69) is 23.3 Å². The number of nitrogens with zero attached hydrogens (tertiary/aromatic N) is 1. The number of fused-ring (bicyclic) bond motifs is 1. The van der Waals surface area contributed by atoms with Crippen molar-refractivity contribution in [3.8, 4) is 0 Å². The van der Waals surface area contributed by atoms with Gasteiger partial charge in [-0.05, 0) is 19.1 Å². The second-order valence-electron chi connectivity index (χ2n) is 3.42. The first-order chi connectivity index (χ1) is 7.31. The summed E-state index contributed by atoms with van der Waals surface area (Å²) >= 11 is 1.70. The molecule has 2 N–H and O–H groups in total. The third kappa shape index (κ3) is 2.34. The van der Waals surface area contributed by atoms with Gasteiger partial charge < -0.3 is 10.4 Å². The van der Waals surface area contributed by atoms with E-state index in [9.17, 15) is 0 Å². The van der Waals surface area contributed by atoms with E-state index >= 15 is 0 Å². The highest BCUT2D eigenvalue weighted by Crippen LogP contribution is 2.25. The number of aliphatic hydroxyl groups excluding tert-OH is 1. The van der Waals surface area contributed by atoms with Gasteiger partial charge in [0.1, 0.15) is 5.01 Å². The normalized spacial score (nSPS) is 13.2.